The van der Waals surface area contributed by atoms with Gasteiger partial charge in [-0.25, -0.2) is 13.1 Å². The summed E-state index contributed by atoms with van der Waals surface area (Å²) in [4.78, 5) is 12.1. The minimum atomic E-state index is -3.25. The zero-order chi connectivity index (χ0) is 15.9. The number of nitrogens with two attached hydrogens (primary N) is 1. The van der Waals surface area contributed by atoms with Crippen LogP contribution in [0.25, 0.3) is 0 Å². The molecule has 4 N–H and O–H groups in total. The Morgan fingerprint density at radius 1 is 1.33 bits per heavy atom. The summed E-state index contributed by atoms with van der Waals surface area (Å²) in [7, 11) is -3.25. The summed E-state index contributed by atoms with van der Waals surface area (Å²) >= 11 is 0. The van der Waals surface area contributed by atoms with E-state index in [2.05, 4.69) is 21.9 Å². The van der Waals surface area contributed by atoms with Crippen LogP contribution in [0.5, 0.6) is 0 Å². The second-order valence-corrected chi connectivity index (χ2v) is 6.31. The van der Waals surface area contributed by atoms with Gasteiger partial charge in [0.05, 0.1) is 18.4 Å². The van der Waals surface area contributed by atoms with Crippen molar-refractivity contribution < 1.29 is 13.2 Å². The van der Waals surface area contributed by atoms with Gasteiger partial charge in [0.1, 0.15) is 0 Å². The quantitative estimate of drug-likeness (QED) is 0.508. The molecule has 0 aliphatic carbocycles. The fourth-order valence-electron chi connectivity index (χ4n) is 1.61. The Bertz CT molecular complexity index is 672. The van der Waals surface area contributed by atoms with Crippen LogP contribution in [-0.2, 0) is 10.0 Å². The van der Waals surface area contributed by atoms with Gasteiger partial charge in [0, 0.05) is 18.7 Å². The predicted octanol–water partition coefficient (Wildman–Crippen LogP) is -0.416. The van der Waals surface area contributed by atoms with Crippen LogP contribution < -0.4 is 15.8 Å². The van der Waals surface area contributed by atoms with Gasteiger partial charge in [-0.3, -0.25) is 4.79 Å². The normalized spacial score (nSPS) is 10.6. The maximum Gasteiger partial charge on any atom is 0.252 e. The fourth-order valence-corrected chi connectivity index (χ4v) is 2.09. The molecular weight excluding hydrogens is 290 g/mol. The Balaban J connectivity index is 2.74. The largest absolute Gasteiger partial charge is 0.351 e. The van der Waals surface area contributed by atoms with E-state index in [1.165, 1.54) is 0 Å². The number of hydrogen-bond acceptors (Lipinski definition) is 4. The van der Waals surface area contributed by atoms with Crippen LogP contribution in [0.2, 0.25) is 0 Å². The van der Waals surface area contributed by atoms with Gasteiger partial charge in [-0.2, -0.15) is 0 Å². The number of carbonyl (C=O) groups is 1. The van der Waals surface area contributed by atoms with E-state index >= 15 is 0 Å². The molecule has 0 bridgehead atoms. The minimum Gasteiger partial charge on any atom is -0.351 e. The molecule has 0 fully saturated rings. The fraction of sp³-hybridized carbons (Fsp3) is 0.357. The SMILES string of the molecule is Cc1ccc(C(=O)NCCNS(C)(=O)=O)c(C#CCN)c1. The second kappa shape index (κ2) is 7.78. The Hall–Kier alpha value is -1.88. The van der Waals surface area contributed by atoms with E-state index in [9.17, 15) is 13.2 Å². The highest BCUT2D eigenvalue weighted by Gasteiger charge is 2.10. The first-order valence-corrected chi connectivity index (χ1v) is 8.25. The number of hydrogen-bond donors (Lipinski definition) is 3. The van der Waals surface area contributed by atoms with E-state index in [4.69, 9.17) is 5.73 Å². The molecule has 0 radical (unpaired) electrons. The van der Waals surface area contributed by atoms with E-state index in [-0.39, 0.29) is 25.5 Å². The van der Waals surface area contributed by atoms with Gasteiger partial charge in [0.15, 0.2) is 0 Å². The second-order valence-electron chi connectivity index (χ2n) is 4.48. The van der Waals surface area contributed by atoms with Gasteiger partial charge in [-0.15, -0.1) is 0 Å². The lowest BCUT2D eigenvalue weighted by Gasteiger charge is -2.08. The molecular formula is C14H19N3O3S. The predicted molar refractivity (Wildman–Crippen MR) is 82.3 cm³/mol. The molecule has 0 aliphatic rings. The van der Waals surface area contributed by atoms with Gasteiger partial charge in [-0.1, -0.05) is 17.9 Å². The zero-order valence-electron chi connectivity index (χ0n) is 12.1. The van der Waals surface area contributed by atoms with Crippen LogP contribution in [0.3, 0.4) is 0 Å². The van der Waals surface area contributed by atoms with Crippen molar-refractivity contribution in [1.82, 2.24) is 10.0 Å². The van der Waals surface area contributed by atoms with E-state index in [0.29, 0.717) is 11.1 Å². The van der Waals surface area contributed by atoms with Crippen molar-refractivity contribution in [3.63, 3.8) is 0 Å². The van der Waals surface area contributed by atoms with E-state index in [1.54, 1.807) is 6.07 Å². The zero-order valence-corrected chi connectivity index (χ0v) is 12.9. The molecule has 1 aromatic carbocycles. The average molecular weight is 309 g/mol. The highest BCUT2D eigenvalue weighted by atomic mass is 32.2. The standard InChI is InChI=1S/C14H19N3O3S/c1-11-5-6-13(12(10-11)4-3-7-15)14(18)16-8-9-17-21(2,19)20/h5-6,10,17H,7-9,15H2,1-2H3,(H,16,18). The molecule has 1 amide bonds. The molecule has 1 rings (SSSR count). The molecule has 0 atom stereocenters. The first kappa shape index (κ1) is 17.2. The molecule has 0 saturated heterocycles. The molecule has 0 saturated carbocycles. The molecule has 1 aromatic rings. The maximum absolute atomic E-state index is 12.1. The van der Waals surface area contributed by atoms with Crippen LogP contribution in [0.4, 0.5) is 0 Å². The van der Waals surface area contributed by atoms with Crippen LogP contribution >= 0.6 is 0 Å². The number of aryl methyl sites for hydroxylation is 1. The lowest BCUT2D eigenvalue weighted by molar-refractivity contribution is 0.0954. The number of sulfonamides is 1. The van der Waals surface area contributed by atoms with Gasteiger partial charge >= 0.3 is 0 Å². The van der Waals surface area contributed by atoms with Crippen LogP contribution in [-0.4, -0.2) is 40.2 Å². The summed E-state index contributed by atoms with van der Waals surface area (Å²) in [6, 6.07) is 5.32. The van der Waals surface area contributed by atoms with E-state index in [0.717, 1.165) is 11.8 Å². The summed E-state index contributed by atoms with van der Waals surface area (Å²) in [6.45, 7) is 2.46. The Kier molecular flexibility index (Phi) is 6.37. The molecule has 21 heavy (non-hydrogen) atoms. The topological polar surface area (TPSA) is 101 Å². The van der Waals surface area contributed by atoms with Crippen LogP contribution in [0, 0.1) is 18.8 Å². The monoisotopic (exact) mass is 309 g/mol. The minimum absolute atomic E-state index is 0.139. The van der Waals surface area contributed by atoms with Crippen LogP contribution in [0.15, 0.2) is 18.2 Å². The third-order valence-electron chi connectivity index (χ3n) is 2.52. The van der Waals surface area contributed by atoms with Crippen molar-refractivity contribution in [2.24, 2.45) is 5.73 Å². The third kappa shape index (κ3) is 6.40. The summed E-state index contributed by atoms with van der Waals surface area (Å²) in [6.07, 6.45) is 1.06. The highest BCUT2D eigenvalue weighted by Crippen LogP contribution is 2.10. The Morgan fingerprint density at radius 2 is 2.05 bits per heavy atom. The van der Waals surface area contributed by atoms with Crippen LogP contribution in [0.1, 0.15) is 21.5 Å². The van der Waals surface area contributed by atoms with Crippen molar-refractivity contribution in [2.75, 3.05) is 25.9 Å². The molecule has 7 heteroatoms. The number of benzene rings is 1. The first-order chi connectivity index (χ1) is 9.83. The van der Waals surface area contributed by atoms with Gasteiger partial charge in [0.2, 0.25) is 10.0 Å². The third-order valence-corrected chi connectivity index (χ3v) is 3.25. The average Bonchev–Trinajstić information content (AvgIpc) is 2.40. The summed E-state index contributed by atoms with van der Waals surface area (Å²) in [5.41, 5.74) is 7.38. The lowest BCUT2D eigenvalue weighted by Crippen LogP contribution is -2.34. The summed E-state index contributed by atoms with van der Waals surface area (Å²) in [5, 5.41) is 2.64. The van der Waals surface area contributed by atoms with Gasteiger partial charge < -0.3 is 11.1 Å². The molecule has 0 unspecified atom stereocenters. The van der Waals surface area contributed by atoms with E-state index in [1.807, 2.05) is 19.1 Å². The number of amides is 1. The summed E-state index contributed by atoms with van der Waals surface area (Å²) < 4.78 is 24.1. The van der Waals surface area contributed by atoms with Crippen molar-refractivity contribution in [2.45, 2.75) is 6.92 Å². The lowest BCUT2D eigenvalue weighted by atomic mass is 10.0. The molecule has 0 aliphatic heterocycles. The Morgan fingerprint density at radius 3 is 2.67 bits per heavy atom. The number of nitrogens with one attached hydrogen (secondary N) is 2. The molecule has 114 valence electrons. The highest BCUT2D eigenvalue weighted by molar-refractivity contribution is 7.88. The molecule has 6 nitrogen and oxygen atoms in total. The van der Waals surface area contributed by atoms with Gasteiger partial charge in [0.25, 0.3) is 5.91 Å². The molecule has 0 spiro atoms. The smallest absolute Gasteiger partial charge is 0.252 e. The maximum atomic E-state index is 12.1. The van der Waals surface area contributed by atoms with Crippen molar-refractivity contribution >= 4 is 15.9 Å². The summed E-state index contributed by atoms with van der Waals surface area (Å²) in [5.74, 6) is 5.28. The molecule has 0 heterocycles. The first-order valence-electron chi connectivity index (χ1n) is 6.36. The van der Waals surface area contributed by atoms with Crippen molar-refractivity contribution in [3.05, 3.63) is 34.9 Å². The van der Waals surface area contributed by atoms with E-state index < -0.39 is 10.0 Å². The number of carbonyl (C=O) groups excluding carboxylic acids is 1. The van der Waals surface area contributed by atoms with Crippen molar-refractivity contribution in [3.8, 4) is 11.8 Å². The molecule has 0 aromatic heterocycles. The number of rotatable bonds is 5. The van der Waals surface area contributed by atoms with Crippen molar-refractivity contribution in [1.29, 1.82) is 0 Å². The van der Waals surface area contributed by atoms with Gasteiger partial charge in [-0.05, 0) is 24.6 Å². The Labute approximate surface area is 125 Å².